The van der Waals surface area contributed by atoms with Crippen molar-refractivity contribution in [2.24, 2.45) is 0 Å². The number of nitro groups is 1. The van der Waals surface area contributed by atoms with Gasteiger partial charge in [0.15, 0.2) is 0 Å². The second-order valence-electron chi connectivity index (χ2n) is 7.02. The summed E-state index contributed by atoms with van der Waals surface area (Å²) in [5, 5.41) is 14.6. The number of halogens is 1. The molecule has 0 atom stereocenters. The fourth-order valence-electron chi connectivity index (χ4n) is 3.26. The molecule has 0 bridgehead atoms. The van der Waals surface area contributed by atoms with Gasteiger partial charge in [0.05, 0.1) is 4.92 Å². The van der Waals surface area contributed by atoms with Crippen molar-refractivity contribution >= 4 is 39.0 Å². The van der Waals surface area contributed by atoms with E-state index in [0.29, 0.717) is 43.5 Å². The van der Waals surface area contributed by atoms with E-state index < -0.39 is 4.92 Å². The Kier molecular flexibility index (Phi) is 5.17. The second kappa shape index (κ2) is 7.75. The molecule has 2 aliphatic rings. The molecule has 9 heteroatoms. The van der Waals surface area contributed by atoms with Crippen LogP contribution in [-0.4, -0.2) is 52.9 Å². The number of benzene rings is 1. The van der Waals surface area contributed by atoms with Crippen molar-refractivity contribution in [3.63, 3.8) is 0 Å². The Balaban J connectivity index is 1.44. The number of pyridine rings is 1. The first kappa shape index (κ1) is 18.7. The molecule has 0 radical (unpaired) electrons. The monoisotopic (exact) mass is 445 g/mol. The van der Waals surface area contributed by atoms with E-state index in [9.17, 15) is 14.9 Å². The van der Waals surface area contributed by atoms with E-state index in [-0.39, 0.29) is 11.6 Å². The highest BCUT2D eigenvalue weighted by molar-refractivity contribution is 9.10. The van der Waals surface area contributed by atoms with E-state index in [1.165, 1.54) is 6.07 Å². The third-order valence-corrected chi connectivity index (χ3v) is 5.45. The van der Waals surface area contributed by atoms with E-state index in [0.717, 1.165) is 23.1 Å². The molecule has 2 aromatic rings. The lowest BCUT2D eigenvalue weighted by Gasteiger charge is -2.35. The lowest BCUT2D eigenvalue weighted by atomic mass is 10.1. The maximum absolute atomic E-state index is 12.9. The van der Waals surface area contributed by atoms with Crippen LogP contribution < -0.4 is 10.2 Å². The number of anilines is 2. The molecule has 1 N–H and O–H groups in total. The number of piperazine rings is 1. The van der Waals surface area contributed by atoms with E-state index in [2.05, 4.69) is 31.1 Å². The summed E-state index contributed by atoms with van der Waals surface area (Å²) in [6.45, 7) is 2.44. The molecule has 1 amide bonds. The summed E-state index contributed by atoms with van der Waals surface area (Å²) in [7, 11) is 0. The van der Waals surface area contributed by atoms with Crippen LogP contribution in [0.3, 0.4) is 0 Å². The highest BCUT2D eigenvalue weighted by Crippen LogP contribution is 2.32. The zero-order valence-electron chi connectivity index (χ0n) is 15.2. The Morgan fingerprint density at radius 2 is 1.93 bits per heavy atom. The van der Waals surface area contributed by atoms with Crippen LogP contribution in [0.1, 0.15) is 23.2 Å². The average molecular weight is 446 g/mol. The Labute approximate surface area is 170 Å². The zero-order valence-corrected chi connectivity index (χ0v) is 16.8. The van der Waals surface area contributed by atoms with Gasteiger partial charge in [0.25, 0.3) is 11.6 Å². The number of nitrogens with zero attached hydrogens (tertiary/aromatic N) is 4. The minimum absolute atomic E-state index is 0.0459. The summed E-state index contributed by atoms with van der Waals surface area (Å²) in [5.74, 6) is 0.700. The summed E-state index contributed by atoms with van der Waals surface area (Å²) < 4.78 is 0.922. The van der Waals surface area contributed by atoms with E-state index in [1.807, 2.05) is 12.1 Å². The van der Waals surface area contributed by atoms with E-state index in [1.54, 1.807) is 23.2 Å². The summed E-state index contributed by atoms with van der Waals surface area (Å²) in [6.07, 6.45) is 3.80. The van der Waals surface area contributed by atoms with Gasteiger partial charge in [-0.25, -0.2) is 4.98 Å². The first-order chi connectivity index (χ1) is 13.5. The van der Waals surface area contributed by atoms with E-state index >= 15 is 0 Å². The third kappa shape index (κ3) is 4.09. The predicted octanol–water partition coefficient (Wildman–Crippen LogP) is 3.29. The second-order valence-corrected chi connectivity index (χ2v) is 7.94. The molecule has 1 aromatic heterocycles. The molecule has 1 aromatic carbocycles. The molecule has 28 heavy (non-hydrogen) atoms. The molecule has 1 saturated carbocycles. The number of aromatic nitrogens is 1. The maximum Gasteiger partial charge on any atom is 0.293 e. The Morgan fingerprint density at radius 1 is 1.18 bits per heavy atom. The molecule has 0 spiro atoms. The summed E-state index contributed by atoms with van der Waals surface area (Å²) >= 11 is 3.38. The van der Waals surface area contributed by atoms with Crippen molar-refractivity contribution in [1.29, 1.82) is 0 Å². The predicted molar refractivity (Wildman–Crippen MR) is 110 cm³/mol. The van der Waals surface area contributed by atoms with Crippen LogP contribution in [0.5, 0.6) is 0 Å². The maximum atomic E-state index is 12.9. The first-order valence-electron chi connectivity index (χ1n) is 9.22. The van der Waals surface area contributed by atoms with Crippen molar-refractivity contribution in [3.8, 4) is 0 Å². The van der Waals surface area contributed by atoms with Gasteiger partial charge in [-0.1, -0.05) is 0 Å². The molecule has 146 valence electrons. The molecule has 2 heterocycles. The summed E-state index contributed by atoms with van der Waals surface area (Å²) in [4.78, 5) is 32.1. The molecular weight excluding hydrogens is 426 g/mol. The number of carbonyl (C=O) groups is 1. The van der Waals surface area contributed by atoms with Gasteiger partial charge in [0.1, 0.15) is 11.5 Å². The minimum atomic E-state index is -0.432. The van der Waals surface area contributed by atoms with Crippen LogP contribution in [0.2, 0.25) is 0 Å². The lowest BCUT2D eigenvalue weighted by molar-refractivity contribution is -0.384. The molecule has 1 aliphatic carbocycles. The van der Waals surface area contributed by atoms with Crippen LogP contribution in [0, 0.1) is 10.1 Å². The Hall–Kier alpha value is -2.68. The fourth-order valence-corrected chi connectivity index (χ4v) is 3.50. The van der Waals surface area contributed by atoms with Crippen LogP contribution >= 0.6 is 15.9 Å². The zero-order chi connectivity index (χ0) is 19.7. The van der Waals surface area contributed by atoms with Crippen molar-refractivity contribution < 1.29 is 9.72 Å². The Morgan fingerprint density at radius 3 is 2.54 bits per heavy atom. The SMILES string of the molecule is O=C(c1ccc(NC2CC2)c([N+](=O)[O-])c1)N1CCN(c2ccc(Br)cn2)CC1. The van der Waals surface area contributed by atoms with Gasteiger partial charge in [-0.05, 0) is 53.0 Å². The number of nitro benzene ring substituents is 1. The van der Waals surface area contributed by atoms with Gasteiger partial charge in [-0.3, -0.25) is 14.9 Å². The van der Waals surface area contributed by atoms with Crippen LogP contribution in [-0.2, 0) is 0 Å². The number of rotatable bonds is 5. The third-order valence-electron chi connectivity index (χ3n) is 4.98. The van der Waals surface area contributed by atoms with Crippen molar-refractivity contribution in [2.45, 2.75) is 18.9 Å². The number of hydrogen-bond donors (Lipinski definition) is 1. The van der Waals surface area contributed by atoms with Crippen LogP contribution in [0.25, 0.3) is 0 Å². The molecule has 4 rings (SSSR count). The van der Waals surface area contributed by atoms with Gasteiger partial charge in [-0.2, -0.15) is 0 Å². The van der Waals surface area contributed by atoms with E-state index in [4.69, 9.17) is 0 Å². The van der Waals surface area contributed by atoms with Gasteiger partial charge in [0.2, 0.25) is 0 Å². The van der Waals surface area contributed by atoms with Crippen LogP contribution in [0.4, 0.5) is 17.2 Å². The van der Waals surface area contributed by atoms with Crippen molar-refractivity contribution in [2.75, 3.05) is 36.4 Å². The van der Waals surface area contributed by atoms with Gasteiger partial charge >= 0.3 is 0 Å². The number of carbonyl (C=O) groups excluding carboxylic acids is 1. The molecular formula is C19H20BrN5O3. The van der Waals surface area contributed by atoms with Crippen molar-refractivity contribution in [3.05, 3.63) is 56.7 Å². The topological polar surface area (TPSA) is 91.6 Å². The molecule has 1 aliphatic heterocycles. The number of amides is 1. The number of nitrogens with one attached hydrogen (secondary N) is 1. The Bertz CT molecular complexity index is 893. The lowest BCUT2D eigenvalue weighted by Crippen LogP contribution is -2.49. The molecule has 8 nitrogen and oxygen atoms in total. The van der Waals surface area contributed by atoms with Gasteiger partial charge < -0.3 is 15.1 Å². The largest absolute Gasteiger partial charge is 0.377 e. The smallest absolute Gasteiger partial charge is 0.293 e. The van der Waals surface area contributed by atoms with Gasteiger partial charge in [0, 0.05) is 54.5 Å². The molecule has 0 unspecified atom stereocenters. The minimum Gasteiger partial charge on any atom is -0.377 e. The average Bonchev–Trinajstić information content (AvgIpc) is 3.52. The van der Waals surface area contributed by atoms with Crippen LogP contribution in [0.15, 0.2) is 41.0 Å². The highest BCUT2D eigenvalue weighted by atomic mass is 79.9. The quantitative estimate of drug-likeness (QED) is 0.560. The summed E-state index contributed by atoms with van der Waals surface area (Å²) in [5.41, 5.74) is 0.786. The molecule has 2 fully saturated rings. The number of hydrogen-bond acceptors (Lipinski definition) is 6. The first-order valence-corrected chi connectivity index (χ1v) is 10.0. The highest BCUT2D eigenvalue weighted by Gasteiger charge is 2.27. The normalized spacial score (nSPS) is 16.8. The summed E-state index contributed by atoms with van der Waals surface area (Å²) in [6, 6.07) is 8.89. The van der Waals surface area contributed by atoms with Crippen molar-refractivity contribution in [1.82, 2.24) is 9.88 Å². The van der Waals surface area contributed by atoms with Gasteiger partial charge in [-0.15, -0.1) is 0 Å². The molecule has 1 saturated heterocycles. The standard InChI is InChI=1S/C19H20BrN5O3/c20-14-2-6-18(21-12-14)23-7-9-24(10-8-23)19(26)13-1-5-16(22-15-3-4-15)17(11-13)25(27)28/h1-2,5-6,11-12,15,22H,3-4,7-10H2. The fraction of sp³-hybridized carbons (Fsp3) is 0.368.